The molecule has 0 aromatic heterocycles. The molecule has 1 aliphatic heterocycles. The van der Waals surface area contributed by atoms with Crippen LogP contribution in [0.1, 0.15) is 11.7 Å². The van der Waals surface area contributed by atoms with Crippen LogP contribution in [0.5, 0.6) is 0 Å². The first-order valence-electron chi connectivity index (χ1n) is 6.31. The van der Waals surface area contributed by atoms with Gasteiger partial charge in [0.25, 0.3) is 0 Å². The Hall–Kier alpha value is -1.65. The van der Waals surface area contributed by atoms with Gasteiger partial charge in [-0.05, 0) is 5.56 Å². The van der Waals surface area contributed by atoms with E-state index in [1.165, 1.54) is 0 Å². The summed E-state index contributed by atoms with van der Waals surface area (Å²) in [5.74, 6) is 0.623. The predicted molar refractivity (Wildman–Crippen MR) is 74.4 cm³/mol. The molecule has 0 bridgehead atoms. The average Bonchev–Trinajstić information content (AvgIpc) is 2.84. The number of benzene rings is 1. The van der Waals surface area contributed by atoms with Crippen LogP contribution >= 0.6 is 0 Å². The van der Waals surface area contributed by atoms with E-state index in [2.05, 4.69) is 11.6 Å². The van der Waals surface area contributed by atoms with Crippen molar-refractivity contribution in [2.75, 3.05) is 26.9 Å². The number of aliphatic imine (C=N–C) groups is 1. The number of nitrogens with zero attached hydrogens (tertiary/aromatic N) is 1. The Morgan fingerprint density at radius 2 is 2.16 bits per heavy atom. The molecule has 4 heteroatoms. The fourth-order valence-corrected chi connectivity index (χ4v) is 2.04. The third kappa shape index (κ3) is 3.66. The molecule has 1 heterocycles. The molecule has 0 radical (unpaired) electrons. The number of hydrogen-bond donors (Lipinski definition) is 0. The molecule has 0 unspecified atom stereocenters. The Kier molecular flexibility index (Phi) is 5.12. The van der Waals surface area contributed by atoms with Crippen molar-refractivity contribution >= 4 is 5.90 Å². The SMILES string of the molecule is C=CCOCC1=N[C@@H](COC)[C@H](c2ccccc2)O1. The number of hydrogen-bond acceptors (Lipinski definition) is 4. The monoisotopic (exact) mass is 261 g/mol. The molecule has 102 valence electrons. The second-order valence-corrected chi connectivity index (χ2v) is 4.30. The molecule has 1 aliphatic rings. The van der Waals surface area contributed by atoms with Gasteiger partial charge in [-0.15, -0.1) is 6.58 Å². The second-order valence-electron chi connectivity index (χ2n) is 4.30. The molecule has 0 N–H and O–H groups in total. The Morgan fingerprint density at radius 1 is 1.37 bits per heavy atom. The largest absolute Gasteiger partial charge is 0.469 e. The summed E-state index contributed by atoms with van der Waals surface area (Å²) in [6, 6.07) is 10.0. The van der Waals surface area contributed by atoms with Crippen LogP contribution in [0.25, 0.3) is 0 Å². The number of ether oxygens (including phenoxy) is 3. The maximum absolute atomic E-state index is 5.87. The summed E-state index contributed by atoms with van der Waals surface area (Å²) in [5, 5.41) is 0. The highest BCUT2D eigenvalue weighted by Crippen LogP contribution is 2.29. The zero-order valence-electron chi connectivity index (χ0n) is 11.1. The van der Waals surface area contributed by atoms with Crippen molar-refractivity contribution in [3.8, 4) is 0 Å². The Morgan fingerprint density at radius 3 is 2.84 bits per heavy atom. The predicted octanol–water partition coefficient (Wildman–Crippen LogP) is 2.37. The third-order valence-electron chi connectivity index (χ3n) is 2.85. The highest BCUT2D eigenvalue weighted by Gasteiger charge is 2.32. The van der Waals surface area contributed by atoms with Crippen molar-refractivity contribution in [1.82, 2.24) is 0 Å². The summed E-state index contributed by atoms with van der Waals surface area (Å²) in [5.41, 5.74) is 1.10. The summed E-state index contributed by atoms with van der Waals surface area (Å²) >= 11 is 0. The quantitative estimate of drug-likeness (QED) is 0.559. The molecule has 1 aromatic rings. The second kappa shape index (κ2) is 7.07. The van der Waals surface area contributed by atoms with Crippen LogP contribution in [0.3, 0.4) is 0 Å². The van der Waals surface area contributed by atoms with Gasteiger partial charge in [-0.3, -0.25) is 0 Å². The van der Waals surface area contributed by atoms with Crippen molar-refractivity contribution in [1.29, 1.82) is 0 Å². The molecule has 0 saturated heterocycles. The Labute approximate surface area is 113 Å². The maximum atomic E-state index is 5.87. The lowest BCUT2D eigenvalue weighted by Gasteiger charge is -2.17. The summed E-state index contributed by atoms with van der Waals surface area (Å²) in [6.45, 7) is 5.00. The Bertz CT molecular complexity index is 430. The molecule has 2 atom stereocenters. The fourth-order valence-electron chi connectivity index (χ4n) is 2.04. The molecule has 0 amide bonds. The minimum absolute atomic E-state index is 0.0188. The van der Waals surface area contributed by atoms with Crippen LogP contribution in [0.2, 0.25) is 0 Å². The van der Waals surface area contributed by atoms with Crippen LogP contribution in [0, 0.1) is 0 Å². The molecule has 2 rings (SSSR count). The van der Waals surface area contributed by atoms with Crippen LogP contribution in [-0.4, -0.2) is 38.9 Å². The van der Waals surface area contributed by atoms with E-state index in [1.807, 2.05) is 30.3 Å². The first-order valence-corrected chi connectivity index (χ1v) is 6.31. The fraction of sp³-hybridized carbons (Fsp3) is 0.400. The molecule has 1 aromatic carbocycles. The average molecular weight is 261 g/mol. The van der Waals surface area contributed by atoms with Crippen LogP contribution in [-0.2, 0) is 14.2 Å². The summed E-state index contributed by atoms with van der Waals surface area (Å²) in [7, 11) is 1.67. The maximum Gasteiger partial charge on any atom is 0.211 e. The molecule has 19 heavy (non-hydrogen) atoms. The van der Waals surface area contributed by atoms with E-state index < -0.39 is 0 Å². The summed E-state index contributed by atoms with van der Waals surface area (Å²) < 4.78 is 16.4. The lowest BCUT2D eigenvalue weighted by molar-refractivity contribution is 0.110. The minimum Gasteiger partial charge on any atom is -0.469 e. The van der Waals surface area contributed by atoms with Gasteiger partial charge in [-0.25, -0.2) is 4.99 Å². The normalized spacial score (nSPS) is 21.8. The number of methoxy groups -OCH3 is 1. The van der Waals surface area contributed by atoms with E-state index in [-0.39, 0.29) is 12.1 Å². The third-order valence-corrected chi connectivity index (χ3v) is 2.85. The first kappa shape index (κ1) is 13.8. The lowest BCUT2D eigenvalue weighted by Crippen LogP contribution is -2.19. The van der Waals surface area contributed by atoms with Crippen LogP contribution in [0.4, 0.5) is 0 Å². The zero-order valence-corrected chi connectivity index (χ0v) is 11.1. The van der Waals surface area contributed by atoms with Crippen molar-refractivity contribution in [3.05, 3.63) is 48.6 Å². The molecule has 0 aliphatic carbocycles. The standard InChI is InChI=1S/C15H19NO3/c1-3-9-18-11-14-16-13(10-17-2)15(19-14)12-7-5-4-6-8-12/h3-8,13,15H,1,9-11H2,2H3/t13-,15-/m0/s1. The molecule has 0 saturated carbocycles. The highest BCUT2D eigenvalue weighted by molar-refractivity contribution is 5.79. The molecule has 4 nitrogen and oxygen atoms in total. The van der Waals surface area contributed by atoms with Gasteiger partial charge in [0, 0.05) is 7.11 Å². The zero-order chi connectivity index (χ0) is 13.5. The summed E-state index contributed by atoms with van der Waals surface area (Å²) in [6.07, 6.45) is 1.61. The first-order chi connectivity index (χ1) is 9.35. The van der Waals surface area contributed by atoms with Crippen molar-refractivity contribution in [3.63, 3.8) is 0 Å². The van der Waals surface area contributed by atoms with Crippen molar-refractivity contribution in [2.24, 2.45) is 4.99 Å². The van der Waals surface area contributed by atoms with E-state index in [4.69, 9.17) is 14.2 Å². The highest BCUT2D eigenvalue weighted by atomic mass is 16.5. The van der Waals surface area contributed by atoms with Crippen molar-refractivity contribution in [2.45, 2.75) is 12.1 Å². The molecular weight excluding hydrogens is 242 g/mol. The van der Waals surface area contributed by atoms with E-state index in [1.54, 1.807) is 13.2 Å². The Balaban J connectivity index is 2.03. The van der Waals surface area contributed by atoms with E-state index in [0.29, 0.717) is 25.7 Å². The van der Waals surface area contributed by atoms with E-state index >= 15 is 0 Å². The molecular formula is C15H19NO3. The van der Waals surface area contributed by atoms with Crippen LogP contribution in [0.15, 0.2) is 48.0 Å². The van der Waals surface area contributed by atoms with Gasteiger partial charge in [0.1, 0.15) is 18.8 Å². The van der Waals surface area contributed by atoms with Gasteiger partial charge in [0.05, 0.1) is 13.2 Å². The lowest BCUT2D eigenvalue weighted by atomic mass is 10.0. The number of rotatable bonds is 7. The molecule has 0 fully saturated rings. The van der Waals surface area contributed by atoms with Gasteiger partial charge in [0.15, 0.2) is 0 Å². The van der Waals surface area contributed by atoms with Gasteiger partial charge in [0.2, 0.25) is 5.90 Å². The van der Waals surface area contributed by atoms with Crippen LogP contribution < -0.4 is 0 Å². The molecule has 0 spiro atoms. The van der Waals surface area contributed by atoms with Gasteiger partial charge < -0.3 is 14.2 Å². The smallest absolute Gasteiger partial charge is 0.211 e. The topological polar surface area (TPSA) is 40.0 Å². The van der Waals surface area contributed by atoms with Crippen molar-refractivity contribution < 1.29 is 14.2 Å². The van der Waals surface area contributed by atoms with E-state index in [9.17, 15) is 0 Å². The summed E-state index contributed by atoms with van der Waals surface area (Å²) in [4.78, 5) is 4.52. The van der Waals surface area contributed by atoms with Gasteiger partial charge in [-0.1, -0.05) is 36.4 Å². The van der Waals surface area contributed by atoms with Gasteiger partial charge in [-0.2, -0.15) is 0 Å². The minimum atomic E-state index is -0.0940. The van der Waals surface area contributed by atoms with E-state index in [0.717, 1.165) is 5.56 Å². The van der Waals surface area contributed by atoms with Gasteiger partial charge >= 0.3 is 0 Å².